The van der Waals surface area contributed by atoms with E-state index >= 15 is 0 Å². The molecule has 0 heterocycles. The molecule has 0 aromatic heterocycles. The number of hydrogen-bond donors (Lipinski definition) is 5. The van der Waals surface area contributed by atoms with E-state index in [9.17, 15) is 14.7 Å². The van der Waals surface area contributed by atoms with Crippen molar-refractivity contribution in [3.8, 4) is 0 Å². The topological polar surface area (TPSA) is 111 Å². The number of rotatable bonds is 5. The molecular formula is C8H6I3N3O4. The molecule has 0 saturated heterocycles. The predicted octanol–water partition coefficient (Wildman–Crippen LogP) is 3.37. The third-order valence-electron chi connectivity index (χ3n) is 2.06. The van der Waals surface area contributed by atoms with Gasteiger partial charge in [0.1, 0.15) is 5.56 Å². The molecule has 0 atom stereocenters. The second kappa shape index (κ2) is 6.78. The number of benzene rings is 1. The van der Waals surface area contributed by atoms with Crippen molar-refractivity contribution in [2.45, 2.75) is 0 Å². The molecule has 18 heavy (non-hydrogen) atoms. The number of nitrogens with one attached hydrogen (secondary N) is 3. The Hall–Kier alpha value is -0.250. The van der Waals surface area contributed by atoms with Gasteiger partial charge in [-0.2, -0.15) is 0 Å². The standard InChI is InChI=1S/C8H6I3N3O4/c9-12-3-1-2(7(15)16)5(13-10)4(8(17)18)6(3)14-11/h1,12-14H,(H,15,16)(H,17,18). The number of halogens is 3. The smallest absolute Gasteiger partial charge is 0.340 e. The zero-order chi connectivity index (χ0) is 13.9. The number of aromatic carboxylic acids is 2. The lowest BCUT2D eigenvalue weighted by atomic mass is 10.0. The minimum Gasteiger partial charge on any atom is -0.478 e. The fraction of sp³-hybridized carbons (Fsp3) is 0. The van der Waals surface area contributed by atoms with Gasteiger partial charge in [-0.05, 0) is 6.07 Å². The van der Waals surface area contributed by atoms with Crippen LogP contribution in [0.4, 0.5) is 17.1 Å². The largest absolute Gasteiger partial charge is 0.478 e. The molecule has 7 nitrogen and oxygen atoms in total. The maximum absolute atomic E-state index is 11.3. The highest BCUT2D eigenvalue weighted by Gasteiger charge is 2.25. The highest BCUT2D eigenvalue weighted by Crippen LogP contribution is 2.38. The van der Waals surface area contributed by atoms with E-state index in [0.717, 1.165) is 0 Å². The second-order valence-electron chi connectivity index (χ2n) is 2.99. The third-order valence-corrected chi connectivity index (χ3v) is 3.72. The van der Waals surface area contributed by atoms with Crippen molar-refractivity contribution in [1.29, 1.82) is 0 Å². The summed E-state index contributed by atoms with van der Waals surface area (Å²) in [7, 11) is 0. The summed E-state index contributed by atoms with van der Waals surface area (Å²) in [5, 5.41) is 18.3. The number of anilines is 3. The molecule has 0 unspecified atom stereocenters. The number of carboxylic acid groups (broad SMARTS) is 2. The van der Waals surface area contributed by atoms with E-state index in [1.54, 1.807) is 68.6 Å². The van der Waals surface area contributed by atoms with E-state index in [-0.39, 0.29) is 16.8 Å². The monoisotopic (exact) mass is 589 g/mol. The van der Waals surface area contributed by atoms with Crippen molar-refractivity contribution in [3.63, 3.8) is 0 Å². The third kappa shape index (κ3) is 3.01. The van der Waals surface area contributed by atoms with Crippen LogP contribution in [-0.2, 0) is 0 Å². The lowest BCUT2D eigenvalue weighted by molar-refractivity contribution is 0.0696. The summed E-state index contributed by atoms with van der Waals surface area (Å²) in [5.41, 5.74) is 0.497. The molecule has 5 N–H and O–H groups in total. The Morgan fingerprint density at radius 3 is 1.83 bits per heavy atom. The van der Waals surface area contributed by atoms with Gasteiger partial charge in [0.2, 0.25) is 0 Å². The average molecular weight is 589 g/mol. The van der Waals surface area contributed by atoms with Crippen LogP contribution in [0.1, 0.15) is 20.7 Å². The van der Waals surface area contributed by atoms with Crippen LogP contribution in [0.2, 0.25) is 0 Å². The Morgan fingerprint density at radius 2 is 1.50 bits per heavy atom. The van der Waals surface area contributed by atoms with Gasteiger partial charge in [0.05, 0.1) is 91.2 Å². The van der Waals surface area contributed by atoms with Gasteiger partial charge in [-0.1, -0.05) is 0 Å². The molecule has 0 amide bonds. The van der Waals surface area contributed by atoms with Crippen LogP contribution in [0.25, 0.3) is 0 Å². The first kappa shape index (κ1) is 15.8. The van der Waals surface area contributed by atoms with Crippen molar-refractivity contribution >= 4 is 97.6 Å². The number of hydrogen-bond acceptors (Lipinski definition) is 5. The van der Waals surface area contributed by atoms with Crippen LogP contribution in [0.3, 0.4) is 0 Å². The SMILES string of the molecule is O=C(O)c1cc(NI)c(NI)c(C(=O)O)c1NI. The van der Waals surface area contributed by atoms with Crippen LogP contribution in [0.5, 0.6) is 0 Å². The predicted molar refractivity (Wildman–Crippen MR) is 93.3 cm³/mol. The molecule has 0 aliphatic carbocycles. The van der Waals surface area contributed by atoms with E-state index in [1.807, 2.05) is 0 Å². The Morgan fingerprint density at radius 1 is 0.944 bits per heavy atom. The summed E-state index contributed by atoms with van der Waals surface area (Å²) in [5.74, 6) is -2.42. The van der Waals surface area contributed by atoms with Crippen LogP contribution >= 0.6 is 68.6 Å². The molecule has 0 fully saturated rings. The molecule has 1 aromatic carbocycles. The second-order valence-corrected chi connectivity index (χ2v) is 4.61. The van der Waals surface area contributed by atoms with Crippen molar-refractivity contribution in [2.75, 3.05) is 10.6 Å². The first-order valence-corrected chi connectivity index (χ1v) is 7.49. The minimum atomic E-state index is -1.22. The van der Waals surface area contributed by atoms with E-state index in [0.29, 0.717) is 11.4 Å². The normalized spacial score (nSPS) is 9.72. The van der Waals surface area contributed by atoms with Crippen molar-refractivity contribution < 1.29 is 19.8 Å². The van der Waals surface area contributed by atoms with Gasteiger partial charge in [-0.15, -0.1) is 0 Å². The summed E-state index contributed by atoms with van der Waals surface area (Å²) >= 11 is 5.29. The van der Waals surface area contributed by atoms with Gasteiger partial charge in [0.15, 0.2) is 0 Å². The van der Waals surface area contributed by atoms with E-state index in [2.05, 4.69) is 10.6 Å². The summed E-state index contributed by atoms with van der Waals surface area (Å²) in [6.45, 7) is 0. The molecule has 0 aliphatic heterocycles. The molecular weight excluding hydrogens is 583 g/mol. The van der Waals surface area contributed by atoms with Gasteiger partial charge < -0.3 is 20.8 Å². The molecule has 0 radical (unpaired) electrons. The average Bonchev–Trinajstić information content (AvgIpc) is 2.35. The van der Waals surface area contributed by atoms with E-state index < -0.39 is 11.9 Å². The fourth-order valence-corrected chi connectivity index (χ4v) is 2.88. The Labute approximate surface area is 144 Å². The van der Waals surface area contributed by atoms with Gasteiger partial charge in [0, 0.05) is 0 Å². The molecule has 1 rings (SSSR count). The van der Waals surface area contributed by atoms with Crippen LogP contribution in [-0.4, -0.2) is 22.2 Å². The first-order chi connectivity index (χ1) is 8.47. The summed E-state index contributed by atoms with van der Waals surface area (Å²) < 4.78 is 8.04. The van der Waals surface area contributed by atoms with Crippen LogP contribution in [0, 0.1) is 0 Å². The first-order valence-electron chi connectivity index (χ1n) is 4.25. The molecule has 0 bridgehead atoms. The van der Waals surface area contributed by atoms with Gasteiger partial charge in [-0.3, -0.25) is 0 Å². The summed E-state index contributed by atoms with van der Waals surface area (Å²) in [6, 6.07) is 1.36. The van der Waals surface area contributed by atoms with E-state index in [4.69, 9.17) is 5.11 Å². The highest BCUT2D eigenvalue weighted by atomic mass is 127. The maximum Gasteiger partial charge on any atom is 0.340 e. The summed E-state index contributed by atoms with van der Waals surface area (Å²) in [4.78, 5) is 22.4. The Bertz CT molecular complexity index is 509. The lowest BCUT2D eigenvalue weighted by Crippen LogP contribution is -2.11. The highest BCUT2D eigenvalue weighted by molar-refractivity contribution is 14.1. The van der Waals surface area contributed by atoms with Gasteiger partial charge in [0.25, 0.3) is 0 Å². The molecule has 1 aromatic rings. The van der Waals surface area contributed by atoms with Gasteiger partial charge >= 0.3 is 11.9 Å². The molecule has 98 valence electrons. The summed E-state index contributed by atoms with van der Waals surface area (Å²) in [6.07, 6.45) is 0. The molecule has 0 saturated carbocycles. The molecule has 0 spiro atoms. The van der Waals surface area contributed by atoms with Crippen LogP contribution in [0.15, 0.2) is 6.07 Å². The number of carboxylic acids is 2. The fourth-order valence-electron chi connectivity index (χ4n) is 1.34. The minimum absolute atomic E-state index is 0.0465. The van der Waals surface area contributed by atoms with Crippen molar-refractivity contribution in [3.05, 3.63) is 17.2 Å². The lowest BCUT2D eigenvalue weighted by Gasteiger charge is -2.16. The number of carbonyl (C=O) groups is 2. The Balaban J connectivity index is 3.75. The molecule has 10 heteroatoms. The van der Waals surface area contributed by atoms with Crippen molar-refractivity contribution in [2.24, 2.45) is 0 Å². The molecule has 0 aliphatic rings. The zero-order valence-electron chi connectivity index (χ0n) is 8.42. The van der Waals surface area contributed by atoms with Crippen LogP contribution < -0.4 is 10.6 Å². The van der Waals surface area contributed by atoms with E-state index in [1.165, 1.54) is 6.07 Å². The quantitative estimate of drug-likeness (QED) is 0.265. The maximum atomic E-state index is 11.3. The van der Waals surface area contributed by atoms with Gasteiger partial charge in [-0.25, -0.2) is 9.59 Å². The van der Waals surface area contributed by atoms with Crippen molar-refractivity contribution in [1.82, 2.24) is 0 Å². The zero-order valence-corrected chi connectivity index (χ0v) is 14.9. The Kier molecular flexibility index (Phi) is 5.96.